The van der Waals surface area contributed by atoms with E-state index in [2.05, 4.69) is 29.6 Å². The zero-order chi connectivity index (χ0) is 13.5. The van der Waals surface area contributed by atoms with Crippen LogP contribution in [0.5, 0.6) is 0 Å². The molecule has 1 fully saturated rings. The summed E-state index contributed by atoms with van der Waals surface area (Å²) in [7, 11) is -2.82. The molecule has 2 aliphatic rings. The summed E-state index contributed by atoms with van der Waals surface area (Å²) < 4.78 is 23.2. The van der Waals surface area contributed by atoms with Gasteiger partial charge in [-0.15, -0.1) is 11.8 Å². The van der Waals surface area contributed by atoms with Crippen LogP contribution >= 0.6 is 11.8 Å². The zero-order valence-electron chi connectivity index (χ0n) is 11.1. The lowest BCUT2D eigenvalue weighted by Crippen LogP contribution is -2.46. The Morgan fingerprint density at radius 1 is 1.42 bits per heavy atom. The summed E-state index contributed by atoms with van der Waals surface area (Å²) in [6, 6.07) is 8.51. The lowest BCUT2D eigenvalue weighted by Gasteiger charge is -2.25. The predicted octanol–water partition coefficient (Wildman–Crippen LogP) is 1.87. The van der Waals surface area contributed by atoms with Gasteiger partial charge in [0.15, 0.2) is 9.84 Å². The van der Waals surface area contributed by atoms with Gasteiger partial charge in [-0.2, -0.15) is 0 Å². The van der Waals surface area contributed by atoms with Crippen LogP contribution in [0.1, 0.15) is 18.9 Å². The number of sulfone groups is 1. The third-order valence-corrected chi connectivity index (χ3v) is 7.20. The molecule has 0 radical (unpaired) electrons. The molecule has 2 aliphatic heterocycles. The Morgan fingerprint density at radius 2 is 2.21 bits per heavy atom. The van der Waals surface area contributed by atoms with Gasteiger partial charge in [0.1, 0.15) is 0 Å². The smallest absolute Gasteiger partial charge is 0.152 e. The first-order chi connectivity index (χ1) is 8.96. The fraction of sp³-hybridized carbons (Fsp3) is 0.571. The minimum Gasteiger partial charge on any atom is -0.309 e. The molecule has 2 unspecified atom stereocenters. The molecule has 1 aromatic carbocycles. The van der Waals surface area contributed by atoms with Crippen molar-refractivity contribution in [1.82, 2.24) is 5.32 Å². The maximum atomic E-state index is 11.6. The maximum absolute atomic E-state index is 11.6. The first-order valence-electron chi connectivity index (χ1n) is 6.66. The van der Waals surface area contributed by atoms with Crippen molar-refractivity contribution in [3.63, 3.8) is 0 Å². The van der Waals surface area contributed by atoms with E-state index in [9.17, 15) is 8.42 Å². The molecule has 0 aromatic heterocycles. The largest absolute Gasteiger partial charge is 0.309 e. The van der Waals surface area contributed by atoms with Gasteiger partial charge >= 0.3 is 0 Å². The van der Waals surface area contributed by atoms with Gasteiger partial charge in [-0.3, -0.25) is 0 Å². The van der Waals surface area contributed by atoms with E-state index in [4.69, 9.17) is 0 Å². The van der Waals surface area contributed by atoms with Gasteiger partial charge < -0.3 is 5.32 Å². The van der Waals surface area contributed by atoms with E-state index in [0.29, 0.717) is 11.0 Å². The molecular formula is C14H19NO2S2. The van der Waals surface area contributed by atoms with E-state index in [1.165, 1.54) is 10.5 Å². The summed E-state index contributed by atoms with van der Waals surface area (Å²) in [5, 5.41) is 4.02. The molecule has 3 rings (SSSR count). The number of hydrogen-bond acceptors (Lipinski definition) is 4. The summed E-state index contributed by atoms with van der Waals surface area (Å²) in [4.78, 5) is 1.37. The monoisotopic (exact) mass is 297 g/mol. The van der Waals surface area contributed by atoms with Crippen LogP contribution in [0.25, 0.3) is 0 Å². The van der Waals surface area contributed by atoms with Crippen LogP contribution in [0.15, 0.2) is 29.2 Å². The minimum atomic E-state index is -2.82. The fourth-order valence-corrected chi connectivity index (χ4v) is 6.25. The zero-order valence-corrected chi connectivity index (χ0v) is 12.7. The lowest BCUT2D eigenvalue weighted by molar-refractivity contribution is 0.398. The Morgan fingerprint density at radius 3 is 2.89 bits per heavy atom. The van der Waals surface area contributed by atoms with Crippen LogP contribution in [0, 0.1) is 0 Å². The van der Waals surface area contributed by atoms with Crippen molar-refractivity contribution in [2.45, 2.75) is 35.4 Å². The molecule has 2 heterocycles. The highest BCUT2D eigenvalue weighted by Gasteiger charge is 2.38. The van der Waals surface area contributed by atoms with Crippen LogP contribution in [0.2, 0.25) is 0 Å². The summed E-state index contributed by atoms with van der Waals surface area (Å²) >= 11 is 1.91. The van der Waals surface area contributed by atoms with Crippen molar-refractivity contribution in [2.24, 2.45) is 0 Å². The molecule has 5 heteroatoms. The first kappa shape index (κ1) is 13.5. The molecule has 0 amide bonds. The van der Waals surface area contributed by atoms with Crippen LogP contribution in [-0.4, -0.2) is 37.3 Å². The van der Waals surface area contributed by atoms with Crippen LogP contribution in [0.3, 0.4) is 0 Å². The fourth-order valence-electron chi connectivity index (χ4n) is 2.88. The van der Waals surface area contributed by atoms with Gasteiger partial charge in [0.25, 0.3) is 0 Å². The second-order valence-electron chi connectivity index (χ2n) is 5.84. The second kappa shape index (κ2) is 4.79. The molecule has 1 aromatic rings. The molecule has 3 nitrogen and oxygen atoms in total. The molecule has 1 saturated heterocycles. The van der Waals surface area contributed by atoms with Gasteiger partial charge in [0.2, 0.25) is 0 Å². The standard InChI is InChI=1S/C14H19NO2S2/c1-14(6-7-19(16,17)10-14)15-9-12-8-11-4-2-3-5-13(11)18-12/h2-5,12,15H,6-10H2,1H3. The van der Waals surface area contributed by atoms with E-state index in [1.54, 1.807) is 0 Å². The summed E-state index contributed by atoms with van der Waals surface area (Å²) in [5.41, 5.74) is 1.19. The maximum Gasteiger partial charge on any atom is 0.152 e. The van der Waals surface area contributed by atoms with Crippen molar-refractivity contribution in [3.05, 3.63) is 29.8 Å². The average Bonchev–Trinajstić information content (AvgIpc) is 2.88. The Balaban J connectivity index is 1.58. The van der Waals surface area contributed by atoms with Crippen molar-refractivity contribution in [2.75, 3.05) is 18.1 Å². The first-order valence-corrected chi connectivity index (χ1v) is 9.36. The van der Waals surface area contributed by atoms with Crippen LogP contribution < -0.4 is 5.32 Å². The number of hydrogen-bond donors (Lipinski definition) is 1. The quantitative estimate of drug-likeness (QED) is 0.925. The second-order valence-corrected chi connectivity index (χ2v) is 9.36. The molecule has 0 saturated carbocycles. The minimum absolute atomic E-state index is 0.228. The topological polar surface area (TPSA) is 46.2 Å². The van der Waals surface area contributed by atoms with E-state index in [0.717, 1.165) is 19.4 Å². The van der Waals surface area contributed by atoms with Crippen molar-refractivity contribution < 1.29 is 8.42 Å². The summed E-state index contributed by atoms with van der Waals surface area (Å²) in [6.45, 7) is 2.91. The van der Waals surface area contributed by atoms with Gasteiger partial charge in [-0.25, -0.2) is 8.42 Å². The molecule has 19 heavy (non-hydrogen) atoms. The Kier molecular flexibility index (Phi) is 3.39. The van der Waals surface area contributed by atoms with Gasteiger partial charge in [0.05, 0.1) is 11.5 Å². The molecule has 0 aliphatic carbocycles. The third-order valence-electron chi connectivity index (χ3n) is 3.97. The summed E-state index contributed by atoms with van der Waals surface area (Å²) in [5.74, 6) is 0.610. The van der Waals surface area contributed by atoms with E-state index in [-0.39, 0.29) is 11.3 Å². The average molecular weight is 297 g/mol. The number of nitrogens with one attached hydrogen (secondary N) is 1. The Hall–Kier alpha value is -0.520. The van der Waals surface area contributed by atoms with Gasteiger partial charge in [-0.1, -0.05) is 18.2 Å². The molecular weight excluding hydrogens is 278 g/mol. The number of thioether (sulfide) groups is 1. The molecule has 0 bridgehead atoms. The molecule has 104 valence electrons. The van der Waals surface area contributed by atoms with Crippen LogP contribution in [-0.2, 0) is 16.3 Å². The van der Waals surface area contributed by atoms with E-state index < -0.39 is 9.84 Å². The highest BCUT2D eigenvalue weighted by molar-refractivity contribution is 8.00. The van der Waals surface area contributed by atoms with Crippen molar-refractivity contribution in [1.29, 1.82) is 0 Å². The molecule has 2 atom stereocenters. The highest BCUT2D eigenvalue weighted by atomic mass is 32.2. The Labute approximate surface area is 119 Å². The molecule has 1 N–H and O–H groups in total. The predicted molar refractivity (Wildman–Crippen MR) is 79.5 cm³/mol. The van der Waals surface area contributed by atoms with Crippen molar-refractivity contribution in [3.8, 4) is 0 Å². The van der Waals surface area contributed by atoms with Crippen LogP contribution in [0.4, 0.5) is 0 Å². The van der Waals surface area contributed by atoms with Gasteiger partial charge in [0, 0.05) is 22.2 Å². The van der Waals surface area contributed by atoms with Gasteiger partial charge in [-0.05, 0) is 31.4 Å². The normalized spacial score (nSPS) is 32.4. The number of fused-ring (bicyclic) bond motifs is 1. The lowest BCUT2D eigenvalue weighted by atomic mass is 10.0. The number of rotatable bonds is 3. The Bertz CT molecular complexity index is 560. The van der Waals surface area contributed by atoms with Crippen molar-refractivity contribution >= 4 is 21.6 Å². The number of benzene rings is 1. The highest BCUT2D eigenvalue weighted by Crippen LogP contribution is 2.36. The van der Waals surface area contributed by atoms with E-state index in [1.807, 2.05) is 18.7 Å². The van der Waals surface area contributed by atoms with E-state index >= 15 is 0 Å². The SMILES string of the molecule is CC1(NCC2Cc3ccccc3S2)CCS(=O)(=O)C1. The molecule has 0 spiro atoms. The summed E-state index contributed by atoms with van der Waals surface area (Å²) in [6.07, 6.45) is 1.82. The third kappa shape index (κ3) is 2.98.